The van der Waals surface area contributed by atoms with Crippen molar-refractivity contribution >= 4 is 0 Å². The molecule has 2 rings (SSSR count). The highest BCUT2D eigenvalue weighted by Gasteiger charge is 2.14. The van der Waals surface area contributed by atoms with E-state index in [9.17, 15) is 4.39 Å². The molecule has 0 aliphatic carbocycles. The predicted molar refractivity (Wildman–Crippen MR) is 78.2 cm³/mol. The molecule has 1 aromatic heterocycles. The molecule has 0 fully saturated rings. The highest BCUT2D eigenvalue weighted by molar-refractivity contribution is 5.29. The van der Waals surface area contributed by atoms with Crippen LogP contribution < -0.4 is 5.73 Å². The zero-order chi connectivity index (χ0) is 14.7. The molecule has 2 N–H and O–H groups in total. The first-order valence-electron chi connectivity index (χ1n) is 6.79. The number of aromatic nitrogens is 2. The van der Waals surface area contributed by atoms with Crippen LogP contribution in [0.1, 0.15) is 41.2 Å². The number of rotatable bonds is 4. The molecule has 0 amide bonds. The molecule has 0 aliphatic heterocycles. The molecule has 0 bridgehead atoms. The summed E-state index contributed by atoms with van der Waals surface area (Å²) in [7, 11) is 0. The summed E-state index contributed by atoms with van der Waals surface area (Å²) >= 11 is 0. The van der Waals surface area contributed by atoms with Gasteiger partial charge in [-0.05, 0) is 49.6 Å². The van der Waals surface area contributed by atoms with Gasteiger partial charge in [0.05, 0.1) is 0 Å². The molecule has 1 atom stereocenters. The fourth-order valence-electron chi connectivity index (χ4n) is 2.53. The largest absolute Gasteiger partial charge is 0.330 e. The van der Waals surface area contributed by atoms with Gasteiger partial charge in [0.15, 0.2) is 0 Å². The highest BCUT2D eigenvalue weighted by Crippen LogP contribution is 2.21. The fourth-order valence-corrected chi connectivity index (χ4v) is 2.53. The smallest absolute Gasteiger partial charge is 0.133 e. The Bertz CT molecular complexity index is 587. The van der Waals surface area contributed by atoms with Crippen LogP contribution in [-0.4, -0.2) is 16.5 Å². The van der Waals surface area contributed by atoms with Crippen molar-refractivity contribution in [2.75, 3.05) is 6.54 Å². The Balaban J connectivity index is 2.31. The standard InChI is InChI=1S/C16H20FN3/c1-10(9-18)16-11(2)19-15(20-12(16)3)8-13-5-4-6-14(17)7-13/h4-7,10H,8-9,18H2,1-3H3. The maximum atomic E-state index is 13.2. The Hall–Kier alpha value is -1.81. The van der Waals surface area contributed by atoms with Crippen molar-refractivity contribution in [2.24, 2.45) is 5.73 Å². The van der Waals surface area contributed by atoms with E-state index >= 15 is 0 Å². The van der Waals surface area contributed by atoms with Crippen molar-refractivity contribution < 1.29 is 4.39 Å². The second-order valence-corrected chi connectivity index (χ2v) is 5.17. The van der Waals surface area contributed by atoms with Gasteiger partial charge in [0, 0.05) is 17.8 Å². The first-order chi connectivity index (χ1) is 9.51. The van der Waals surface area contributed by atoms with E-state index in [1.807, 2.05) is 19.9 Å². The lowest BCUT2D eigenvalue weighted by molar-refractivity contribution is 0.625. The van der Waals surface area contributed by atoms with Crippen molar-refractivity contribution in [3.8, 4) is 0 Å². The quantitative estimate of drug-likeness (QED) is 0.932. The number of nitrogens with two attached hydrogens (primary N) is 1. The molecule has 0 saturated heterocycles. The van der Waals surface area contributed by atoms with Crippen molar-refractivity contribution in [3.05, 3.63) is 58.4 Å². The molecule has 0 spiro atoms. The average molecular weight is 273 g/mol. The molecule has 1 aromatic carbocycles. The Morgan fingerprint density at radius 2 is 1.85 bits per heavy atom. The van der Waals surface area contributed by atoms with Gasteiger partial charge < -0.3 is 5.73 Å². The normalized spacial score (nSPS) is 12.4. The van der Waals surface area contributed by atoms with Crippen molar-refractivity contribution in [1.29, 1.82) is 0 Å². The van der Waals surface area contributed by atoms with E-state index in [1.54, 1.807) is 6.07 Å². The van der Waals surface area contributed by atoms with Gasteiger partial charge in [-0.25, -0.2) is 14.4 Å². The fraction of sp³-hybridized carbons (Fsp3) is 0.375. The third-order valence-electron chi connectivity index (χ3n) is 3.47. The number of benzene rings is 1. The van der Waals surface area contributed by atoms with Crippen LogP contribution in [-0.2, 0) is 6.42 Å². The Morgan fingerprint density at radius 1 is 1.20 bits per heavy atom. The van der Waals surface area contributed by atoms with E-state index in [2.05, 4.69) is 16.9 Å². The summed E-state index contributed by atoms with van der Waals surface area (Å²) in [6, 6.07) is 6.54. The van der Waals surface area contributed by atoms with E-state index in [0.717, 1.165) is 28.3 Å². The first kappa shape index (κ1) is 14.6. The van der Waals surface area contributed by atoms with Crippen LogP contribution in [0.5, 0.6) is 0 Å². The molecule has 4 heteroatoms. The average Bonchev–Trinajstić information content (AvgIpc) is 2.37. The van der Waals surface area contributed by atoms with Crippen LogP contribution >= 0.6 is 0 Å². The van der Waals surface area contributed by atoms with Crippen LogP contribution in [0.25, 0.3) is 0 Å². The summed E-state index contributed by atoms with van der Waals surface area (Å²) in [5, 5.41) is 0. The predicted octanol–water partition coefficient (Wildman–Crippen LogP) is 2.89. The monoisotopic (exact) mass is 273 g/mol. The number of nitrogens with zero attached hydrogens (tertiary/aromatic N) is 2. The molecule has 0 saturated carbocycles. The van der Waals surface area contributed by atoms with Crippen LogP contribution in [0.15, 0.2) is 24.3 Å². The second-order valence-electron chi connectivity index (χ2n) is 5.17. The first-order valence-corrected chi connectivity index (χ1v) is 6.79. The summed E-state index contributed by atoms with van der Waals surface area (Å²) < 4.78 is 13.2. The van der Waals surface area contributed by atoms with E-state index in [-0.39, 0.29) is 11.7 Å². The topological polar surface area (TPSA) is 51.8 Å². The summed E-state index contributed by atoms with van der Waals surface area (Å²) in [6.07, 6.45) is 0.538. The molecule has 2 aromatic rings. The SMILES string of the molecule is Cc1nc(Cc2cccc(F)c2)nc(C)c1C(C)CN. The maximum absolute atomic E-state index is 13.2. The molecule has 1 heterocycles. The second kappa shape index (κ2) is 6.09. The molecule has 1 unspecified atom stereocenters. The highest BCUT2D eigenvalue weighted by atomic mass is 19.1. The summed E-state index contributed by atoms with van der Waals surface area (Å²) in [6.45, 7) is 6.61. The van der Waals surface area contributed by atoms with Gasteiger partial charge in [-0.2, -0.15) is 0 Å². The number of halogens is 1. The third kappa shape index (κ3) is 3.20. The van der Waals surface area contributed by atoms with Gasteiger partial charge in [-0.1, -0.05) is 19.1 Å². The minimum atomic E-state index is -0.232. The maximum Gasteiger partial charge on any atom is 0.133 e. The molecule has 106 valence electrons. The van der Waals surface area contributed by atoms with Crippen molar-refractivity contribution in [3.63, 3.8) is 0 Å². The lowest BCUT2D eigenvalue weighted by Crippen LogP contribution is -2.15. The van der Waals surface area contributed by atoms with Gasteiger partial charge in [0.2, 0.25) is 0 Å². The van der Waals surface area contributed by atoms with Crippen LogP contribution in [0, 0.1) is 19.7 Å². The third-order valence-corrected chi connectivity index (χ3v) is 3.47. The lowest BCUT2D eigenvalue weighted by Gasteiger charge is -2.15. The minimum absolute atomic E-state index is 0.232. The summed E-state index contributed by atoms with van der Waals surface area (Å²) in [5.41, 5.74) is 9.64. The number of hydrogen-bond acceptors (Lipinski definition) is 3. The van der Waals surface area contributed by atoms with E-state index in [0.29, 0.717) is 13.0 Å². The van der Waals surface area contributed by atoms with Gasteiger partial charge in [0.25, 0.3) is 0 Å². The Kier molecular flexibility index (Phi) is 4.45. The van der Waals surface area contributed by atoms with Crippen LogP contribution in [0.4, 0.5) is 4.39 Å². The lowest BCUT2D eigenvalue weighted by atomic mass is 9.98. The van der Waals surface area contributed by atoms with Gasteiger partial charge >= 0.3 is 0 Å². The summed E-state index contributed by atoms with van der Waals surface area (Å²) in [4.78, 5) is 9.08. The number of aryl methyl sites for hydroxylation is 2. The van der Waals surface area contributed by atoms with Crippen LogP contribution in [0.3, 0.4) is 0 Å². The zero-order valence-electron chi connectivity index (χ0n) is 12.2. The number of hydrogen-bond donors (Lipinski definition) is 1. The molecule has 0 aliphatic rings. The molecule has 20 heavy (non-hydrogen) atoms. The van der Waals surface area contributed by atoms with E-state index in [1.165, 1.54) is 12.1 Å². The summed E-state index contributed by atoms with van der Waals surface area (Å²) in [5.74, 6) is 0.737. The zero-order valence-corrected chi connectivity index (χ0v) is 12.2. The Labute approximate surface area is 119 Å². The molecule has 0 radical (unpaired) electrons. The molecular weight excluding hydrogens is 253 g/mol. The van der Waals surface area contributed by atoms with E-state index < -0.39 is 0 Å². The van der Waals surface area contributed by atoms with Crippen molar-refractivity contribution in [1.82, 2.24) is 9.97 Å². The Morgan fingerprint density at radius 3 is 2.40 bits per heavy atom. The van der Waals surface area contributed by atoms with Gasteiger partial charge in [-0.3, -0.25) is 0 Å². The van der Waals surface area contributed by atoms with Gasteiger partial charge in [-0.15, -0.1) is 0 Å². The van der Waals surface area contributed by atoms with Crippen molar-refractivity contribution in [2.45, 2.75) is 33.1 Å². The molecule has 3 nitrogen and oxygen atoms in total. The van der Waals surface area contributed by atoms with Gasteiger partial charge in [0.1, 0.15) is 11.6 Å². The van der Waals surface area contributed by atoms with Crippen LogP contribution in [0.2, 0.25) is 0 Å². The minimum Gasteiger partial charge on any atom is -0.330 e. The van der Waals surface area contributed by atoms with E-state index in [4.69, 9.17) is 5.73 Å². The molecular formula is C16H20FN3.